The number of aliphatic carboxylic acids is 1. The summed E-state index contributed by atoms with van der Waals surface area (Å²) in [6.45, 7) is 5.75. The molecule has 5 heteroatoms. The van der Waals surface area contributed by atoms with Crippen LogP contribution in [0.3, 0.4) is 0 Å². The van der Waals surface area contributed by atoms with Crippen LogP contribution in [-0.4, -0.2) is 34.0 Å². The number of carbonyl (C=O) groups is 2. The first kappa shape index (κ1) is 15.5. The van der Waals surface area contributed by atoms with Crippen molar-refractivity contribution in [1.29, 1.82) is 0 Å². The smallest absolute Gasteiger partial charge is 0.305 e. The lowest BCUT2D eigenvalue weighted by Gasteiger charge is -2.35. The summed E-state index contributed by atoms with van der Waals surface area (Å²) in [5, 5.41) is 9.14. The zero-order valence-corrected chi connectivity index (χ0v) is 12.1. The van der Waals surface area contributed by atoms with Gasteiger partial charge in [-0.15, -0.1) is 0 Å². The highest BCUT2D eigenvalue weighted by Crippen LogP contribution is 2.22. The Labute approximate surface area is 118 Å². The van der Waals surface area contributed by atoms with Gasteiger partial charge in [0.05, 0.1) is 17.0 Å². The summed E-state index contributed by atoms with van der Waals surface area (Å²) >= 11 is 6.01. The molecule has 0 aromatic heterocycles. The number of carboxylic acids is 1. The summed E-state index contributed by atoms with van der Waals surface area (Å²) in [4.78, 5) is 24.7. The minimum atomic E-state index is -0.929. The number of hydrogen-bond donors (Lipinski definition) is 1. The largest absolute Gasteiger partial charge is 0.481 e. The molecule has 0 fully saturated rings. The number of hydrogen-bond acceptors (Lipinski definition) is 2. The number of carbonyl (C=O) groups excluding carboxylic acids is 1. The molecule has 1 N–H and O–H groups in total. The summed E-state index contributed by atoms with van der Waals surface area (Å²) in [6, 6.07) is 6.77. The van der Waals surface area contributed by atoms with Crippen LogP contribution in [0.5, 0.6) is 0 Å². The van der Waals surface area contributed by atoms with Gasteiger partial charge in [0.25, 0.3) is 5.91 Å². The molecule has 0 radical (unpaired) electrons. The average molecular weight is 284 g/mol. The third kappa shape index (κ3) is 4.24. The Balaban J connectivity index is 3.02. The molecule has 0 spiro atoms. The standard InChI is InChI=1S/C14H18ClNO3/c1-14(2,3)16(9-8-12(17)18)13(19)10-6-4-5-7-11(10)15/h4-7H,8-9H2,1-3H3,(H,17,18). The summed E-state index contributed by atoms with van der Waals surface area (Å²) in [5.41, 5.74) is -0.0735. The van der Waals surface area contributed by atoms with E-state index < -0.39 is 11.5 Å². The van der Waals surface area contributed by atoms with E-state index in [2.05, 4.69) is 0 Å². The van der Waals surface area contributed by atoms with Crippen molar-refractivity contribution < 1.29 is 14.7 Å². The molecule has 0 heterocycles. The van der Waals surface area contributed by atoms with E-state index in [0.717, 1.165) is 0 Å². The zero-order chi connectivity index (χ0) is 14.6. The molecule has 1 rings (SSSR count). The quantitative estimate of drug-likeness (QED) is 0.924. The Morgan fingerprint density at radius 1 is 1.26 bits per heavy atom. The van der Waals surface area contributed by atoms with Gasteiger partial charge in [-0.25, -0.2) is 0 Å². The molecule has 104 valence electrons. The molecule has 19 heavy (non-hydrogen) atoms. The molecule has 1 aromatic rings. The fourth-order valence-electron chi connectivity index (χ4n) is 1.73. The van der Waals surface area contributed by atoms with Crippen molar-refractivity contribution in [3.05, 3.63) is 34.9 Å². The molecule has 0 saturated heterocycles. The highest BCUT2D eigenvalue weighted by Gasteiger charge is 2.28. The van der Waals surface area contributed by atoms with Crippen molar-refractivity contribution in [3.63, 3.8) is 0 Å². The number of carboxylic acid groups (broad SMARTS) is 1. The Kier molecular flexibility index (Phi) is 4.95. The molecular weight excluding hydrogens is 266 g/mol. The third-order valence-electron chi connectivity index (χ3n) is 2.71. The van der Waals surface area contributed by atoms with Gasteiger partial charge in [0.15, 0.2) is 0 Å². The van der Waals surface area contributed by atoms with E-state index in [1.165, 1.54) is 4.90 Å². The van der Waals surface area contributed by atoms with Gasteiger partial charge >= 0.3 is 5.97 Å². The van der Waals surface area contributed by atoms with E-state index in [9.17, 15) is 9.59 Å². The fourth-order valence-corrected chi connectivity index (χ4v) is 1.95. The predicted molar refractivity (Wildman–Crippen MR) is 74.5 cm³/mol. The van der Waals surface area contributed by atoms with Crippen molar-refractivity contribution in [2.75, 3.05) is 6.54 Å². The predicted octanol–water partition coefficient (Wildman–Crippen LogP) is 3.06. The maximum absolute atomic E-state index is 12.5. The first-order valence-corrected chi connectivity index (χ1v) is 6.39. The molecule has 0 bridgehead atoms. The molecule has 0 unspecified atom stereocenters. The van der Waals surface area contributed by atoms with Crippen LogP contribution in [0, 0.1) is 0 Å². The number of nitrogens with zero attached hydrogens (tertiary/aromatic N) is 1. The van der Waals surface area contributed by atoms with Crippen molar-refractivity contribution in [3.8, 4) is 0 Å². The van der Waals surface area contributed by atoms with Crippen molar-refractivity contribution in [2.24, 2.45) is 0 Å². The normalized spacial score (nSPS) is 11.2. The molecule has 0 saturated carbocycles. The summed E-state index contributed by atoms with van der Waals surface area (Å²) in [6.07, 6.45) is -0.0898. The zero-order valence-electron chi connectivity index (χ0n) is 11.3. The van der Waals surface area contributed by atoms with E-state index in [-0.39, 0.29) is 18.9 Å². The van der Waals surface area contributed by atoms with Crippen molar-refractivity contribution >= 4 is 23.5 Å². The van der Waals surface area contributed by atoms with E-state index >= 15 is 0 Å². The van der Waals surface area contributed by atoms with Crippen molar-refractivity contribution in [1.82, 2.24) is 4.90 Å². The molecule has 1 amide bonds. The van der Waals surface area contributed by atoms with Gasteiger partial charge in [0.2, 0.25) is 0 Å². The van der Waals surface area contributed by atoms with Gasteiger partial charge in [0.1, 0.15) is 0 Å². The van der Waals surface area contributed by atoms with Gasteiger partial charge in [-0.05, 0) is 32.9 Å². The number of rotatable bonds is 4. The maximum atomic E-state index is 12.5. The van der Waals surface area contributed by atoms with Gasteiger partial charge in [0, 0.05) is 12.1 Å². The lowest BCUT2D eigenvalue weighted by Crippen LogP contribution is -2.46. The van der Waals surface area contributed by atoms with Gasteiger partial charge in [-0.2, -0.15) is 0 Å². The Bertz CT molecular complexity index is 480. The summed E-state index contributed by atoms with van der Waals surface area (Å²) < 4.78 is 0. The maximum Gasteiger partial charge on any atom is 0.305 e. The Morgan fingerprint density at radius 2 is 1.84 bits per heavy atom. The highest BCUT2D eigenvalue weighted by molar-refractivity contribution is 6.33. The van der Waals surface area contributed by atoms with Gasteiger partial charge in [-0.1, -0.05) is 23.7 Å². The second kappa shape index (κ2) is 6.06. The van der Waals surface area contributed by atoms with Crippen LogP contribution < -0.4 is 0 Å². The van der Waals surface area contributed by atoms with Gasteiger partial charge in [-0.3, -0.25) is 9.59 Å². The Hall–Kier alpha value is -1.55. The summed E-state index contributed by atoms with van der Waals surface area (Å²) in [7, 11) is 0. The number of halogens is 1. The molecular formula is C14H18ClNO3. The van der Waals surface area contributed by atoms with E-state index in [1.54, 1.807) is 24.3 Å². The molecule has 0 atom stereocenters. The lowest BCUT2D eigenvalue weighted by atomic mass is 10.0. The van der Waals surface area contributed by atoms with Crippen LogP contribution in [0.2, 0.25) is 5.02 Å². The van der Waals surface area contributed by atoms with Crippen LogP contribution in [0.15, 0.2) is 24.3 Å². The minimum absolute atomic E-state index is 0.0898. The SMILES string of the molecule is CC(C)(C)N(CCC(=O)O)C(=O)c1ccccc1Cl. The number of benzene rings is 1. The van der Waals surface area contributed by atoms with E-state index in [1.807, 2.05) is 20.8 Å². The van der Waals surface area contributed by atoms with Crippen LogP contribution in [-0.2, 0) is 4.79 Å². The molecule has 0 aliphatic carbocycles. The van der Waals surface area contributed by atoms with Crippen LogP contribution in [0.25, 0.3) is 0 Å². The van der Waals surface area contributed by atoms with E-state index in [0.29, 0.717) is 10.6 Å². The fraction of sp³-hybridized carbons (Fsp3) is 0.429. The molecule has 0 aliphatic rings. The lowest BCUT2D eigenvalue weighted by molar-refractivity contribution is -0.137. The van der Waals surface area contributed by atoms with Crippen LogP contribution in [0.4, 0.5) is 0 Å². The van der Waals surface area contributed by atoms with Crippen LogP contribution >= 0.6 is 11.6 Å². The first-order valence-electron chi connectivity index (χ1n) is 6.02. The Morgan fingerprint density at radius 3 is 2.32 bits per heavy atom. The van der Waals surface area contributed by atoms with Gasteiger partial charge < -0.3 is 10.0 Å². The second-order valence-electron chi connectivity index (χ2n) is 5.25. The van der Waals surface area contributed by atoms with Crippen LogP contribution in [0.1, 0.15) is 37.6 Å². The monoisotopic (exact) mass is 283 g/mol. The molecule has 1 aromatic carbocycles. The summed E-state index contributed by atoms with van der Waals surface area (Å²) in [5.74, 6) is -1.18. The minimum Gasteiger partial charge on any atom is -0.481 e. The molecule has 0 aliphatic heterocycles. The third-order valence-corrected chi connectivity index (χ3v) is 3.04. The number of amides is 1. The second-order valence-corrected chi connectivity index (χ2v) is 5.66. The van der Waals surface area contributed by atoms with E-state index in [4.69, 9.17) is 16.7 Å². The first-order chi connectivity index (χ1) is 8.73. The highest BCUT2D eigenvalue weighted by atomic mass is 35.5. The van der Waals surface area contributed by atoms with Crippen molar-refractivity contribution in [2.45, 2.75) is 32.7 Å². The topological polar surface area (TPSA) is 57.6 Å². The molecule has 4 nitrogen and oxygen atoms in total. The average Bonchev–Trinajstić information content (AvgIpc) is 2.27.